The summed E-state index contributed by atoms with van der Waals surface area (Å²) in [5.74, 6) is 0.872. The maximum absolute atomic E-state index is 5.77. The Morgan fingerprint density at radius 1 is 1.00 bits per heavy atom. The second-order valence-electron chi connectivity index (χ2n) is 4.57. The summed E-state index contributed by atoms with van der Waals surface area (Å²) >= 11 is 1.75. The maximum Gasteiger partial charge on any atom is 0.142 e. The van der Waals surface area contributed by atoms with Gasteiger partial charge in [-0.2, -0.15) is 0 Å². The Morgan fingerprint density at radius 3 is 1.95 bits per heavy atom. The van der Waals surface area contributed by atoms with Crippen LogP contribution in [0.5, 0.6) is 5.75 Å². The molecule has 0 saturated carbocycles. The topological polar surface area (TPSA) is 21.8 Å². The van der Waals surface area contributed by atoms with E-state index in [1.807, 2.05) is 12.1 Å². The molecule has 0 N–H and O–H groups in total. The van der Waals surface area contributed by atoms with Gasteiger partial charge < -0.3 is 9.47 Å². The van der Waals surface area contributed by atoms with Crippen LogP contribution in [0.2, 0.25) is 0 Å². The summed E-state index contributed by atoms with van der Waals surface area (Å²) < 4.78 is 11.0. The first-order valence-electron chi connectivity index (χ1n) is 6.21. The lowest BCUT2D eigenvalue weighted by atomic mass is 9.92. The van der Waals surface area contributed by atoms with E-state index in [9.17, 15) is 0 Å². The van der Waals surface area contributed by atoms with E-state index in [4.69, 9.17) is 9.47 Å². The molecule has 2 aromatic rings. The summed E-state index contributed by atoms with van der Waals surface area (Å²) in [7, 11) is 1.68. The van der Waals surface area contributed by atoms with Gasteiger partial charge >= 0.3 is 0 Å². The van der Waals surface area contributed by atoms with E-state index in [0.717, 1.165) is 12.4 Å². The van der Waals surface area contributed by atoms with Crippen LogP contribution >= 0.6 is 11.8 Å². The molecule has 2 aromatic carbocycles. The Labute approximate surface area is 117 Å². The van der Waals surface area contributed by atoms with Crippen molar-refractivity contribution >= 4 is 11.8 Å². The zero-order chi connectivity index (χ0) is 13.3. The van der Waals surface area contributed by atoms with Gasteiger partial charge in [0.15, 0.2) is 0 Å². The molecule has 0 spiro atoms. The largest absolute Gasteiger partial charge is 0.497 e. The Kier molecular flexibility index (Phi) is 3.25. The van der Waals surface area contributed by atoms with Crippen molar-refractivity contribution < 1.29 is 9.47 Å². The molecule has 19 heavy (non-hydrogen) atoms. The molecule has 1 unspecified atom stereocenters. The van der Waals surface area contributed by atoms with E-state index in [1.165, 1.54) is 16.0 Å². The molecule has 0 amide bonds. The molecule has 1 saturated heterocycles. The van der Waals surface area contributed by atoms with Gasteiger partial charge in [0.2, 0.25) is 0 Å². The minimum Gasteiger partial charge on any atom is -0.497 e. The number of rotatable bonds is 4. The Morgan fingerprint density at radius 2 is 1.53 bits per heavy atom. The Bertz CT molecular complexity index is 507. The highest BCUT2D eigenvalue weighted by Crippen LogP contribution is 2.45. The average molecular weight is 272 g/mol. The summed E-state index contributed by atoms with van der Waals surface area (Å²) in [6.45, 7) is 0.748. The fourth-order valence-electron chi connectivity index (χ4n) is 2.29. The molecule has 1 aliphatic heterocycles. The third kappa shape index (κ3) is 2.24. The third-order valence-electron chi connectivity index (χ3n) is 3.55. The molecule has 3 heteroatoms. The second kappa shape index (κ2) is 4.91. The van der Waals surface area contributed by atoms with Crippen LogP contribution in [0.15, 0.2) is 53.4 Å². The highest BCUT2D eigenvalue weighted by molar-refractivity contribution is 7.98. The summed E-state index contributed by atoms with van der Waals surface area (Å²) in [5.41, 5.74) is 2.16. The Hall–Kier alpha value is -1.45. The molecule has 1 heterocycles. The molecular formula is C16H16O2S. The third-order valence-corrected chi connectivity index (χ3v) is 4.29. The smallest absolute Gasteiger partial charge is 0.142 e. The van der Waals surface area contributed by atoms with Crippen molar-refractivity contribution in [2.45, 2.75) is 10.5 Å². The number of methoxy groups -OCH3 is 1. The molecule has 0 bridgehead atoms. The molecule has 1 fully saturated rings. The van der Waals surface area contributed by atoms with Crippen LogP contribution in [0.25, 0.3) is 0 Å². The molecule has 1 atom stereocenters. The summed E-state index contributed by atoms with van der Waals surface area (Å²) in [5, 5.41) is 0. The highest BCUT2D eigenvalue weighted by atomic mass is 32.2. The normalized spacial score (nSPS) is 21.2. The van der Waals surface area contributed by atoms with Crippen LogP contribution < -0.4 is 4.74 Å². The maximum atomic E-state index is 5.77. The second-order valence-corrected chi connectivity index (χ2v) is 5.45. The van der Waals surface area contributed by atoms with Gasteiger partial charge in [0.25, 0.3) is 0 Å². The van der Waals surface area contributed by atoms with Crippen molar-refractivity contribution in [2.24, 2.45) is 0 Å². The number of ether oxygens (including phenoxy) is 2. The van der Waals surface area contributed by atoms with Crippen molar-refractivity contribution in [2.75, 3.05) is 20.0 Å². The molecule has 2 nitrogen and oxygen atoms in total. The number of hydrogen-bond donors (Lipinski definition) is 0. The van der Waals surface area contributed by atoms with Crippen LogP contribution in [0.1, 0.15) is 11.1 Å². The first-order chi connectivity index (χ1) is 9.28. The molecular weight excluding hydrogens is 256 g/mol. The van der Waals surface area contributed by atoms with Gasteiger partial charge in [-0.25, -0.2) is 0 Å². The van der Waals surface area contributed by atoms with Crippen LogP contribution in [-0.2, 0) is 10.3 Å². The van der Waals surface area contributed by atoms with Crippen molar-refractivity contribution in [3.8, 4) is 5.75 Å². The van der Waals surface area contributed by atoms with Crippen LogP contribution in [0.4, 0.5) is 0 Å². The van der Waals surface area contributed by atoms with E-state index in [-0.39, 0.29) is 5.60 Å². The van der Waals surface area contributed by atoms with Crippen molar-refractivity contribution in [3.05, 3.63) is 59.7 Å². The summed E-state index contributed by atoms with van der Waals surface area (Å²) in [6.07, 6.45) is 2.09. The summed E-state index contributed by atoms with van der Waals surface area (Å²) in [4.78, 5) is 1.27. The fraction of sp³-hybridized carbons (Fsp3) is 0.250. The molecule has 98 valence electrons. The molecule has 0 aromatic heterocycles. The molecule has 3 rings (SSSR count). The standard InChI is InChI=1S/C16H16O2S/c1-17-14-7-3-12(4-8-14)16(11-18-16)13-5-9-15(19-2)10-6-13/h3-10H,11H2,1-2H3. The average Bonchev–Trinajstić information content (AvgIpc) is 3.29. The minimum absolute atomic E-state index is 0.247. The zero-order valence-electron chi connectivity index (χ0n) is 11.1. The minimum atomic E-state index is -0.247. The van der Waals surface area contributed by atoms with Gasteiger partial charge in [0, 0.05) is 4.90 Å². The van der Waals surface area contributed by atoms with Gasteiger partial charge in [0.1, 0.15) is 11.4 Å². The number of thioether (sulfide) groups is 1. The Balaban J connectivity index is 1.92. The molecule has 1 aliphatic rings. The summed E-state index contributed by atoms with van der Waals surface area (Å²) in [6, 6.07) is 16.7. The lowest BCUT2D eigenvalue weighted by molar-refractivity contribution is 0.348. The van der Waals surface area contributed by atoms with Crippen LogP contribution in [0, 0.1) is 0 Å². The van der Waals surface area contributed by atoms with E-state index in [2.05, 4.69) is 42.7 Å². The van der Waals surface area contributed by atoms with Crippen molar-refractivity contribution in [1.82, 2.24) is 0 Å². The van der Waals surface area contributed by atoms with Crippen LogP contribution in [-0.4, -0.2) is 20.0 Å². The molecule has 0 aliphatic carbocycles. The van der Waals surface area contributed by atoms with Gasteiger partial charge in [-0.05, 0) is 41.6 Å². The first kappa shape index (κ1) is 12.6. The van der Waals surface area contributed by atoms with Gasteiger partial charge in [-0.15, -0.1) is 11.8 Å². The molecule has 0 radical (unpaired) electrons. The lowest BCUT2D eigenvalue weighted by Gasteiger charge is -2.14. The van der Waals surface area contributed by atoms with E-state index in [0.29, 0.717) is 0 Å². The van der Waals surface area contributed by atoms with Gasteiger partial charge in [0.05, 0.1) is 13.7 Å². The highest BCUT2D eigenvalue weighted by Gasteiger charge is 2.48. The van der Waals surface area contributed by atoms with Crippen molar-refractivity contribution in [1.29, 1.82) is 0 Å². The van der Waals surface area contributed by atoms with Crippen LogP contribution in [0.3, 0.4) is 0 Å². The van der Waals surface area contributed by atoms with E-state index >= 15 is 0 Å². The number of benzene rings is 2. The predicted octanol–water partition coefficient (Wildman–Crippen LogP) is 3.69. The van der Waals surface area contributed by atoms with E-state index in [1.54, 1.807) is 18.9 Å². The van der Waals surface area contributed by atoms with E-state index < -0.39 is 0 Å². The first-order valence-corrected chi connectivity index (χ1v) is 7.44. The van der Waals surface area contributed by atoms with Gasteiger partial charge in [-0.1, -0.05) is 24.3 Å². The van der Waals surface area contributed by atoms with Gasteiger partial charge in [-0.3, -0.25) is 0 Å². The monoisotopic (exact) mass is 272 g/mol. The zero-order valence-corrected chi connectivity index (χ0v) is 11.9. The lowest BCUT2D eigenvalue weighted by Crippen LogP contribution is -2.10. The fourth-order valence-corrected chi connectivity index (χ4v) is 2.70. The number of epoxide rings is 1. The SMILES string of the molecule is COc1ccc(C2(c3ccc(SC)cc3)CO2)cc1. The van der Waals surface area contributed by atoms with Crippen molar-refractivity contribution in [3.63, 3.8) is 0 Å². The quantitative estimate of drug-likeness (QED) is 0.626. The number of hydrogen-bond acceptors (Lipinski definition) is 3. The predicted molar refractivity (Wildman–Crippen MR) is 77.9 cm³/mol.